The Bertz CT molecular complexity index is 237. The smallest absolute Gasteiger partial charge is 0.0000286 e. The van der Waals surface area contributed by atoms with Gasteiger partial charge in [-0.2, -0.15) is 0 Å². The van der Waals surface area contributed by atoms with E-state index in [0.717, 1.165) is 12.5 Å². The van der Waals surface area contributed by atoms with Crippen molar-refractivity contribution in [2.24, 2.45) is 16.7 Å². The van der Waals surface area contributed by atoms with E-state index >= 15 is 0 Å². The molecule has 1 rings (SSSR count). The summed E-state index contributed by atoms with van der Waals surface area (Å²) < 4.78 is 0. The number of piperidine rings is 1. The number of likely N-dealkylation sites (tertiary alicyclic amines) is 1. The van der Waals surface area contributed by atoms with Crippen molar-refractivity contribution in [1.82, 2.24) is 10.2 Å². The lowest BCUT2D eigenvalue weighted by Gasteiger charge is -2.39. The first-order valence-electron chi connectivity index (χ1n) is 7.57. The zero-order valence-electron chi connectivity index (χ0n) is 13.5. The zero-order chi connectivity index (χ0) is 13.8. The van der Waals surface area contributed by atoms with Crippen LogP contribution in [0, 0.1) is 16.7 Å². The van der Waals surface area contributed by atoms with Crippen LogP contribution in [0.5, 0.6) is 0 Å². The molecule has 0 aromatic rings. The molecule has 18 heavy (non-hydrogen) atoms. The first-order chi connectivity index (χ1) is 8.24. The van der Waals surface area contributed by atoms with Gasteiger partial charge in [-0.3, -0.25) is 0 Å². The van der Waals surface area contributed by atoms with E-state index in [0.29, 0.717) is 10.8 Å². The SMILES string of the molecule is CNCC(C)(C)CC(C)(C)CC1CCN(C)CC1. The molecule has 2 heteroatoms. The number of rotatable bonds is 6. The molecule has 2 nitrogen and oxygen atoms in total. The second-order valence-corrected chi connectivity index (χ2v) is 7.99. The van der Waals surface area contributed by atoms with Crippen molar-refractivity contribution in [3.8, 4) is 0 Å². The van der Waals surface area contributed by atoms with Crippen molar-refractivity contribution in [2.75, 3.05) is 33.7 Å². The minimum Gasteiger partial charge on any atom is -0.319 e. The second-order valence-electron chi connectivity index (χ2n) is 7.99. The third-order valence-corrected chi connectivity index (χ3v) is 4.29. The van der Waals surface area contributed by atoms with Crippen LogP contribution in [0.2, 0.25) is 0 Å². The van der Waals surface area contributed by atoms with Crippen LogP contribution in [-0.4, -0.2) is 38.6 Å². The standard InChI is InChI=1S/C16H34N2/c1-15(2,12-16(3,4)13-17-5)11-14-7-9-18(6)10-8-14/h14,17H,7-13H2,1-6H3. The summed E-state index contributed by atoms with van der Waals surface area (Å²) in [5, 5.41) is 3.33. The molecule has 0 spiro atoms. The first-order valence-corrected chi connectivity index (χ1v) is 7.57. The molecule has 0 aliphatic carbocycles. The lowest BCUT2D eigenvalue weighted by Crippen LogP contribution is -2.35. The second kappa shape index (κ2) is 6.38. The van der Waals surface area contributed by atoms with Gasteiger partial charge < -0.3 is 10.2 Å². The summed E-state index contributed by atoms with van der Waals surface area (Å²) in [4.78, 5) is 2.47. The first kappa shape index (κ1) is 16.0. The van der Waals surface area contributed by atoms with Crippen LogP contribution in [0.25, 0.3) is 0 Å². The van der Waals surface area contributed by atoms with E-state index in [-0.39, 0.29) is 0 Å². The molecule has 0 amide bonds. The zero-order valence-corrected chi connectivity index (χ0v) is 13.5. The highest BCUT2D eigenvalue weighted by molar-refractivity contribution is 4.84. The van der Waals surface area contributed by atoms with Gasteiger partial charge in [0.1, 0.15) is 0 Å². The van der Waals surface area contributed by atoms with Gasteiger partial charge in [0.25, 0.3) is 0 Å². The van der Waals surface area contributed by atoms with Crippen molar-refractivity contribution in [3.63, 3.8) is 0 Å². The van der Waals surface area contributed by atoms with Crippen molar-refractivity contribution in [1.29, 1.82) is 0 Å². The quantitative estimate of drug-likeness (QED) is 0.782. The third kappa shape index (κ3) is 5.71. The Morgan fingerprint density at radius 3 is 2.11 bits per heavy atom. The fourth-order valence-electron chi connectivity index (χ4n) is 3.96. The topological polar surface area (TPSA) is 15.3 Å². The fourth-order valence-corrected chi connectivity index (χ4v) is 3.96. The van der Waals surface area contributed by atoms with Crippen LogP contribution >= 0.6 is 0 Å². The molecular weight excluding hydrogens is 220 g/mol. The molecule has 1 aliphatic rings. The van der Waals surface area contributed by atoms with Crippen molar-refractivity contribution < 1.29 is 0 Å². The van der Waals surface area contributed by atoms with Crippen molar-refractivity contribution in [3.05, 3.63) is 0 Å². The Labute approximate surface area is 115 Å². The van der Waals surface area contributed by atoms with E-state index in [4.69, 9.17) is 0 Å². The van der Waals surface area contributed by atoms with E-state index in [9.17, 15) is 0 Å². The molecule has 1 saturated heterocycles. The average Bonchev–Trinajstić information content (AvgIpc) is 2.19. The lowest BCUT2D eigenvalue weighted by atomic mass is 9.69. The van der Waals surface area contributed by atoms with Crippen LogP contribution < -0.4 is 5.32 Å². The predicted octanol–water partition coefficient (Wildman–Crippen LogP) is 3.38. The summed E-state index contributed by atoms with van der Waals surface area (Å²) in [5.74, 6) is 0.946. The summed E-state index contributed by atoms with van der Waals surface area (Å²) >= 11 is 0. The molecule has 0 atom stereocenters. The fraction of sp³-hybridized carbons (Fsp3) is 1.00. The van der Waals surface area contributed by atoms with Crippen LogP contribution in [-0.2, 0) is 0 Å². The van der Waals surface area contributed by atoms with Gasteiger partial charge in [-0.1, -0.05) is 27.7 Å². The van der Waals surface area contributed by atoms with E-state index in [2.05, 4.69) is 52.0 Å². The van der Waals surface area contributed by atoms with Crippen LogP contribution in [0.4, 0.5) is 0 Å². The van der Waals surface area contributed by atoms with Gasteiger partial charge >= 0.3 is 0 Å². The molecule has 0 radical (unpaired) electrons. The largest absolute Gasteiger partial charge is 0.319 e. The van der Waals surface area contributed by atoms with Gasteiger partial charge in [-0.25, -0.2) is 0 Å². The molecule has 0 aromatic carbocycles. The third-order valence-electron chi connectivity index (χ3n) is 4.29. The van der Waals surface area contributed by atoms with Gasteiger partial charge in [0.05, 0.1) is 0 Å². The minimum atomic E-state index is 0.406. The Balaban J connectivity index is 2.43. The van der Waals surface area contributed by atoms with Crippen LogP contribution in [0.3, 0.4) is 0 Å². The van der Waals surface area contributed by atoms with Crippen molar-refractivity contribution >= 4 is 0 Å². The Morgan fingerprint density at radius 2 is 1.61 bits per heavy atom. The van der Waals surface area contributed by atoms with E-state index in [1.807, 2.05) is 0 Å². The maximum atomic E-state index is 3.33. The predicted molar refractivity (Wildman–Crippen MR) is 80.9 cm³/mol. The minimum absolute atomic E-state index is 0.406. The summed E-state index contributed by atoms with van der Waals surface area (Å²) in [6.45, 7) is 13.4. The van der Waals surface area contributed by atoms with Gasteiger partial charge in [-0.15, -0.1) is 0 Å². The highest BCUT2D eigenvalue weighted by atomic mass is 15.1. The molecule has 0 saturated carbocycles. The van der Waals surface area contributed by atoms with Crippen LogP contribution in [0.1, 0.15) is 53.4 Å². The van der Waals surface area contributed by atoms with Crippen molar-refractivity contribution in [2.45, 2.75) is 53.4 Å². The molecule has 0 aromatic heterocycles. The van der Waals surface area contributed by atoms with E-state index < -0.39 is 0 Å². The Kier molecular flexibility index (Phi) is 5.67. The molecule has 1 N–H and O–H groups in total. The van der Waals surface area contributed by atoms with Crippen LogP contribution in [0.15, 0.2) is 0 Å². The molecular formula is C16H34N2. The number of hydrogen-bond acceptors (Lipinski definition) is 2. The van der Waals surface area contributed by atoms with Gasteiger partial charge in [0.2, 0.25) is 0 Å². The Hall–Kier alpha value is -0.0800. The summed E-state index contributed by atoms with van der Waals surface area (Å²) in [7, 11) is 4.31. The van der Waals surface area contributed by atoms with Gasteiger partial charge in [0.15, 0.2) is 0 Å². The number of nitrogens with one attached hydrogen (secondary N) is 1. The molecule has 0 bridgehead atoms. The molecule has 1 heterocycles. The summed E-state index contributed by atoms with van der Waals surface area (Å²) in [6.07, 6.45) is 5.50. The van der Waals surface area contributed by atoms with E-state index in [1.54, 1.807) is 0 Å². The molecule has 1 fully saturated rings. The summed E-state index contributed by atoms with van der Waals surface area (Å²) in [6, 6.07) is 0. The Morgan fingerprint density at radius 1 is 1.06 bits per heavy atom. The summed E-state index contributed by atoms with van der Waals surface area (Å²) in [5.41, 5.74) is 0.880. The number of nitrogens with zero attached hydrogens (tertiary/aromatic N) is 1. The maximum Gasteiger partial charge on any atom is -0.0000286 e. The normalized spacial score (nSPS) is 20.3. The number of hydrogen-bond donors (Lipinski definition) is 1. The average molecular weight is 254 g/mol. The molecule has 1 aliphatic heterocycles. The monoisotopic (exact) mass is 254 g/mol. The van der Waals surface area contributed by atoms with E-state index in [1.165, 1.54) is 38.8 Å². The maximum absolute atomic E-state index is 3.33. The van der Waals surface area contributed by atoms with Gasteiger partial charge in [0, 0.05) is 0 Å². The highest BCUT2D eigenvalue weighted by Crippen LogP contribution is 2.40. The van der Waals surface area contributed by atoms with Gasteiger partial charge in [-0.05, 0) is 76.2 Å². The lowest BCUT2D eigenvalue weighted by molar-refractivity contribution is 0.123. The molecule has 0 unspecified atom stereocenters. The highest BCUT2D eigenvalue weighted by Gasteiger charge is 2.31. The molecule has 108 valence electrons.